The van der Waals surface area contributed by atoms with Gasteiger partial charge in [-0.1, -0.05) is 30.3 Å². The van der Waals surface area contributed by atoms with Crippen LogP contribution in [0.4, 0.5) is 0 Å². The minimum Gasteiger partial charge on any atom is -0.407 e. The average molecular weight is 236 g/mol. The maximum absolute atomic E-state index is 6.24. The zero-order valence-electron chi connectivity index (χ0n) is 10.5. The molecule has 1 aromatic rings. The number of hydrogen-bond donors (Lipinski definition) is 0. The van der Waals surface area contributed by atoms with Crippen molar-refractivity contribution in [2.24, 2.45) is 0 Å². The van der Waals surface area contributed by atoms with E-state index in [9.17, 15) is 0 Å². The standard InChI is InChI=1S/C13H20O2Si/c1-13(15-16(2,3)4)10-14-12(13)11-8-6-5-7-9-11/h5-9,12H,10H2,1-4H3/t12-,13-/m0/s1. The molecule has 1 heterocycles. The van der Waals surface area contributed by atoms with Crippen LogP contribution in [0.2, 0.25) is 19.6 Å². The van der Waals surface area contributed by atoms with Crippen LogP contribution in [0.15, 0.2) is 30.3 Å². The van der Waals surface area contributed by atoms with Crippen LogP contribution in [-0.4, -0.2) is 20.5 Å². The summed E-state index contributed by atoms with van der Waals surface area (Å²) in [6.45, 7) is 9.53. The zero-order chi connectivity index (χ0) is 11.8. The van der Waals surface area contributed by atoms with Crippen LogP contribution in [0.1, 0.15) is 18.6 Å². The van der Waals surface area contributed by atoms with E-state index in [4.69, 9.17) is 9.16 Å². The van der Waals surface area contributed by atoms with E-state index in [1.165, 1.54) is 5.56 Å². The molecule has 16 heavy (non-hydrogen) atoms. The van der Waals surface area contributed by atoms with E-state index in [0.717, 1.165) is 0 Å². The predicted octanol–water partition coefficient (Wildman–Crippen LogP) is 3.37. The minimum atomic E-state index is -1.52. The second kappa shape index (κ2) is 3.98. The maximum atomic E-state index is 6.24. The molecule has 0 spiro atoms. The molecule has 1 aliphatic heterocycles. The van der Waals surface area contributed by atoms with Gasteiger partial charge in [-0.15, -0.1) is 0 Å². The molecule has 0 aromatic heterocycles. The molecule has 0 unspecified atom stereocenters. The molecule has 0 amide bonds. The molecule has 2 nitrogen and oxygen atoms in total. The van der Waals surface area contributed by atoms with Gasteiger partial charge >= 0.3 is 0 Å². The van der Waals surface area contributed by atoms with Crippen LogP contribution < -0.4 is 0 Å². The van der Waals surface area contributed by atoms with E-state index in [1.54, 1.807) is 0 Å². The third-order valence-corrected chi connectivity index (χ3v) is 3.81. The number of rotatable bonds is 3. The molecule has 1 fully saturated rings. The average Bonchev–Trinajstić information content (AvgIpc) is 2.15. The molecule has 1 saturated heterocycles. The first-order valence-corrected chi connectivity index (χ1v) is 9.18. The Morgan fingerprint density at radius 2 is 1.88 bits per heavy atom. The Hall–Kier alpha value is -0.643. The van der Waals surface area contributed by atoms with Crippen molar-refractivity contribution in [2.75, 3.05) is 6.61 Å². The highest BCUT2D eigenvalue weighted by molar-refractivity contribution is 6.69. The summed E-state index contributed by atoms with van der Waals surface area (Å²) in [6.07, 6.45) is 0.0976. The highest BCUT2D eigenvalue weighted by Crippen LogP contribution is 2.43. The fraction of sp³-hybridized carbons (Fsp3) is 0.538. The topological polar surface area (TPSA) is 18.5 Å². The molecule has 0 radical (unpaired) electrons. The van der Waals surface area contributed by atoms with Crippen LogP contribution in [0, 0.1) is 0 Å². The molecular formula is C13H20O2Si. The van der Waals surface area contributed by atoms with Crippen molar-refractivity contribution in [3.8, 4) is 0 Å². The van der Waals surface area contributed by atoms with Crippen molar-refractivity contribution in [1.82, 2.24) is 0 Å². The van der Waals surface area contributed by atoms with Gasteiger partial charge in [0, 0.05) is 0 Å². The van der Waals surface area contributed by atoms with E-state index in [2.05, 4.69) is 38.7 Å². The molecule has 1 aliphatic rings. The lowest BCUT2D eigenvalue weighted by Gasteiger charge is -2.49. The van der Waals surface area contributed by atoms with Gasteiger partial charge in [-0.25, -0.2) is 0 Å². The van der Waals surface area contributed by atoms with Gasteiger partial charge in [0.1, 0.15) is 11.7 Å². The van der Waals surface area contributed by atoms with Gasteiger partial charge < -0.3 is 9.16 Å². The van der Waals surface area contributed by atoms with Gasteiger partial charge in [-0.2, -0.15) is 0 Å². The molecule has 0 aliphatic carbocycles. The van der Waals surface area contributed by atoms with Gasteiger partial charge in [-0.3, -0.25) is 0 Å². The van der Waals surface area contributed by atoms with Crippen LogP contribution in [-0.2, 0) is 9.16 Å². The lowest BCUT2D eigenvalue weighted by Crippen LogP contribution is -2.56. The predicted molar refractivity (Wildman–Crippen MR) is 68.0 cm³/mol. The Morgan fingerprint density at radius 1 is 1.25 bits per heavy atom. The molecule has 1 aromatic carbocycles. The van der Waals surface area contributed by atoms with Crippen molar-refractivity contribution >= 4 is 8.32 Å². The van der Waals surface area contributed by atoms with E-state index in [1.807, 2.05) is 18.2 Å². The van der Waals surface area contributed by atoms with E-state index in [-0.39, 0.29) is 11.7 Å². The number of hydrogen-bond acceptors (Lipinski definition) is 2. The Labute approximate surface area is 98.7 Å². The molecule has 2 atom stereocenters. The second-order valence-electron chi connectivity index (χ2n) is 5.63. The van der Waals surface area contributed by atoms with Crippen LogP contribution in [0.25, 0.3) is 0 Å². The largest absolute Gasteiger partial charge is 0.407 e. The van der Waals surface area contributed by atoms with Crippen LogP contribution in [0.5, 0.6) is 0 Å². The van der Waals surface area contributed by atoms with Crippen molar-refractivity contribution in [2.45, 2.75) is 38.3 Å². The molecule has 0 bridgehead atoms. The van der Waals surface area contributed by atoms with Gasteiger partial charge in [0.05, 0.1) is 6.61 Å². The first-order chi connectivity index (χ1) is 7.41. The molecule has 3 heteroatoms. The lowest BCUT2D eigenvalue weighted by atomic mass is 9.89. The van der Waals surface area contributed by atoms with Crippen molar-refractivity contribution in [1.29, 1.82) is 0 Å². The normalized spacial score (nSPS) is 29.9. The monoisotopic (exact) mass is 236 g/mol. The van der Waals surface area contributed by atoms with Crippen LogP contribution in [0.3, 0.4) is 0 Å². The van der Waals surface area contributed by atoms with Crippen LogP contribution >= 0.6 is 0 Å². The minimum absolute atomic E-state index is 0.0976. The van der Waals surface area contributed by atoms with Gasteiger partial charge in [0.2, 0.25) is 0 Å². The van der Waals surface area contributed by atoms with Gasteiger partial charge in [0.25, 0.3) is 0 Å². The fourth-order valence-electron chi connectivity index (χ4n) is 2.26. The van der Waals surface area contributed by atoms with Crippen molar-refractivity contribution < 1.29 is 9.16 Å². The summed E-state index contributed by atoms with van der Waals surface area (Å²) in [5, 5.41) is 0. The van der Waals surface area contributed by atoms with Crippen molar-refractivity contribution in [3.05, 3.63) is 35.9 Å². The van der Waals surface area contributed by atoms with E-state index < -0.39 is 8.32 Å². The summed E-state index contributed by atoms with van der Waals surface area (Å²) in [7, 11) is -1.52. The molecule has 0 saturated carbocycles. The first-order valence-electron chi connectivity index (χ1n) is 5.77. The van der Waals surface area contributed by atoms with E-state index >= 15 is 0 Å². The molecule has 88 valence electrons. The summed E-state index contributed by atoms with van der Waals surface area (Å²) < 4.78 is 11.9. The first kappa shape index (κ1) is 11.8. The molecule has 2 rings (SSSR count). The number of ether oxygens (including phenoxy) is 1. The van der Waals surface area contributed by atoms with Gasteiger partial charge in [-0.05, 0) is 32.1 Å². The Morgan fingerprint density at radius 3 is 2.31 bits per heavy atom. The SMILES string of the molecule is C[C@]1(O[Si](C)(C)C)CO[C@H]1c1ccccc1. The quantitative estimate of drug-likeness (QED) is 0.749. The zero-order valence-corrected chi connectivity index (χ0v) is 11.5. The number of benzene rings is 1. The van der Waals surface area contributed by atoms with E-state index in [0.29, 0.717) is 6.61 Å². The Kier molecular flexibility index (Phi) is 2.95. The maximum Gasteiger partial charge on any atom is 0.184 e. The summed E-state index contributed by atoms with van der Waals surface area (Å²) in [4.78, 5) is 0. The second-order valence-corrected chi connectivity index (χ2v) is 10.1. The fourth-order valence-corrected chi connectivity index (χ4v) is 3.83. The third-order valence-electron chi connectivity index (χ3n) is 2.73. The van der Waals surface area contributed by atoms with Gasteiger partial charge in [0.15, 0.2) is 8.32 Å². The highest BCUT2D eigenvalue weighted by Gasteiger charge is 2.48. The molecular weight excluding hydrogens is 216 g/mol. The smallest absolute Gasteiger partial charge is 0.184 e. The lowest BCUT2D eigenvalue weighted by molar-refractivity contribution is -0.221. The summed E-state index contributed by atoms with van der Waals surface area (Å²) in [5.74, 6) is 0. The Balaban J connectivity index is 2.14. The Bertz CT molecular complexity index is 358. The highest BCUT2D eigenvalue weighted by atomic mass is 28.4. The summed E-state index contributed by atoms with van der Waals surface area (Å²) in [6, 6.07) is 10.3. The summed E-state index contributed by atoms with van der Waals surface area (Å²) >= 11 is 0. The molecule has 0 N–H and O–H groups in total. The third kappa shape index (κ3) is 2.37. The van der Waals surface area contributed by atoms with Crippen molar-refractivity contribution in [3.63, 3.8) is 0 Å². The summed E-state index contributed by atoms with van der Waals surface area (Å²) in [5.41, 5.74) is 1.08.